The van der Waals surface area contributed by atoms with E-state index in [1.165, 1.54) is 11.8 Å². The van der Waals surface area contributed by atoms with Gasteiger partial charge in [0.1, 0.15) is 6.54 Å². The van der Waals surface area contributed by atoms with Gasteiger partial charge in [0.15, 0.2) is 0 Å². The van der Waals surface area contributed by atoms with Crippen LogP contribution in [0.4, 0.5) is 5.69 Å². The minimum atomic E-state index is -0.0204. The van der Waals surface area contributed by atoms with Crippen LogP contribution in [0.3, 0.4) is 0 Å². The largest absolute Gasteiger partial charge is 0.340 e. The third-order valence-corrected chi connectivity index (χ3v) is 4.73. The quantitative estimate of drug-likeness (QED) is 0.870. The Morgan fingerprint density at radius 2 is 2.20 bits per heavy atom. The smallest absolute Gasteiger partial charge is 0.242 e. The number of benzene rings is 1. The van der Waals surface area contributed by atoms with Gasteiger partial charge in [0, 0.05) is 24.0 Å². The maximum absolute atomic E-state index is 12.3. The fraction of sp³-hybridized carbons (Fsp3) is 0.429. The number of thioether (sulfide) groups is 1. The number of para-hydroxylation sites is 1. The summed E-state index contributed by atoms with van der Waals surface area (Å²) in [6.45, 7) is 1.40. The van der Waals surface area contributed by atoms with Crippen molar-refractivity contribution in [3.05, 3.63) is 24.3 Å². The van der Waals surface area contributed by atoms with Crippen LogP contribution in [0.25, 0.3) is 0 Å². The van der Waals surface area contributed by atoms with Crippen LogP contribution in [0.5, 0.6) is 0 Å². The molecule has 0 radical (unpaired) electrons. The van der Waals surface area contributed by atoms with Crippen LogP contribution in [0.15, 0.2) is 29.2 Å². The van der Waals surface area contributed by atoms with E-state index in [-0.39, 0.29) is 24.4 Å². The number of amides is 2. The minimum absolute atomic E-state index is 0.00875. The van der Waals surface area contributed by atoms with E-state index < -0.39 is 0 Å². The first-order chi connectivity index (χ1) is 9.65. The number of likely N-dealkylation sites (tertiary alicyclic amines) is 1. The Balaban J connectivity index is 1.76. The van der Waals surface area contributed by atoms with Crippen LogP contribution in [-0.4, -0.2) is 48.1 Å². The summed E-state index contributed by atoms with van der Waals surface area (Å²) >= 11 is 1.52. The van der Waals surface area contributed by atoms with Gasteiger partial charge < -0.3 is 15.5 Å². The van der Waals surface area contributed by atoms with E-state index >= 15 is 0 Å². The van der Waals surface area contributed by atoms with Gasteiger partial charge in [-0.1, -0.05) is 12.1 Å². The maximum atomic E-state index is 12.3. The molecule has 2 aliphatic rings. The molecule has 0 saturated carbocycles. The highest BCUT2D eigenvalue weighted by Gasteiger charge is 2.30. The van der Waals surface area contributed by atoms with Gasteiger partial charge in [0.2, 0.25) is 11.8 Å². The van der Waals surface area contributed by atoms with Crippen molar-refractivity contribution in [1.82, 2.24) is 4.90 Å². The van der Waals surface area contributed by atoms with E-state index in [0.717, 1.165) is 17.0 Å². The zero-order valence-electron chi connectivity index (χ0n) is 11.1. The lowest BCUT2D eigenvalue weighted by Crippen LogP contribution is -2.44. The van der Waals surface area contributed by atoms with Crippen molar-refractivity contribution in [3.8, 4) is 0 Å². The number of carbonyl (C=O) groups excluding carboxylic acids is 2. The molecule has 2 amide bonds. The molecule has 0 spiro atoms. The van der Waals surface area contributed by atoms with E-state index in [9.17, 15) is 9.59 Å². The summed E-state index contributed by atoms with van der Waals surface area (Å²) in [5.41, 5.74) is 6.66. The molecule has 0 aliphatic carbocycles. The molecule has 1 saturated heterocycles. The first kappa shape index (κ1) is 13.5. The zero-order chi connectivity index (χ0) is 14.1. The maximum Gasteiger partial charge on any atom is 0.242 e. The molecule has 2 heterocycles. The number of nitrogens with two attached hydrogens (primary N) is 1. The number of rotatable bonds is 2. The second-order valence-corrected chi connectivity index (χ2v) is 6.14. The minimum Gasteiger partial charge on any atom is -0.340 e. The van der Waals surface area contributed by atoms with Crippen molar-refractivity contribution in [2.45, 2.75) is 17.4 Å². The van der Waals surface area contributed by atoms with Gasteiger partial charge in [-0.2, -0.15) is 0 Å². The first-order valence-corrected chi connectivity index (χ1v) is 7.69. The highest BCUT2D eigenvalue weighted by atomic mass is 32.2. The molecule has 0 unspecified atom stereocenters. The van der Waals surface area contributed by atoms with Gasteiger partial charge in [-0.25, -0.2) is 0 Å². The van der Waals surface area contributed by atoms with Gasteiger partial charge in [-0.3, -0.25) is 9.59 Å². The van der Waals surface area contributed by atoms with Crippen molar-refractivity contribution < 1.29 is 9.59 Å². The fourth-order valence-corrected chi connectivity index (χ4v) is 3.51. The molecule has 0 bridgehead atoms. The van der Waals surface area contributed by atoms with E-state index in [1.54, 1.807) is 9.80 Å². The van der Waals surface area contributed by atoms with E-state index in [2.05, 4.69) is 0 Å². The Hall–Kier alpha value is -1.53. The molecule has 106 valence electrons. The lowest BCUT2D eigenvalue weighted by molar-refractivity contribution is -0.130. The fourth-order valence-electron chi connectivity index (χ4n) is 2.58. The summed E-state index contributed by atoms with van der Waals surface area (Å²) in [6, 6.07) is 7.78. The molecule has 20 heavy (non-hydrogen) atoms. The molecule has 1 atom stereocenters. The molecule has 1 fully saturated rings. The number of carbonyl (C=O) groups is 2. The van der Waals surface area contributed by atoms with Gasteiger partial charge in [-0.05, 0) is 18.6 Å². The van der Waals surface area contributed by atoms with Crippen LogP contribution >= 0.6 is 11.8 Å². The SMILES string of the molecule is N[C@@H]1CCN(C(=O)CN2C(=O)CSc3ccccc32)C1. The summed E-state index contributed by atoms with van der Waals surface area (Å²) in [4.78, 5) is 28.8. The van der Waals surface area contributed by atoms with Gasteiger partial charge in [0.25, 0.3) is 0 Å². The van der Waals surface area contributed by atoms with E-state index in [4.69, 9.17) is 5.73 Å². The number of fused-ring (bicyclic) bond motifs is 1. The van der Waals surface area contributed by atoms with Crippen LogP contribution in [0.2, 0.25) is 0 Å². The lowest BCUT2D eigenvalue weighted by atomic mass is 10.2. The summed E-state index contributed by atoms with van der Waals surface area (Å²) in [5, 5.41) is 0. The number of hydrogen-bond acceptors (Lipinski definition) is 4. The normalized spacial score (nSPS) is 22.1. The van der Waals surface area contributed by atoms with Crippen molar-refractivity contribution in [3.63, 3.8) is 0 Å². The highest BCUT2D eigenvalue weighted by molar-refractivity contribution is 8.00. The molecule has 3 rings (SSSR count). The summed E-state index contributed by atoms with van der Waals surface area (Å²) in [7, 11) is 0. The van der Waals surface area contributed by atoms with Crippen LogP contribution < -0.4 is 10.6 Å². The Morgan fingerprint density at radius 1 is 1.40 bits per heavy atom. The topological polar surface area (TPSA) is 66.6 Å². The Morgan fingerprint density at radius 3 is 2.95 bits per heavy atom. The zero-order valence-corrected chi connectivity index (χ0v) is 11.9. The molecule has 6 heteroatoms. The van der Waals surface area contributed by atoms with Gasteiger partial charge in [0.05, 0.1) is 11.4 Å². The van der Waals surface area contributed by atoms with Crippen molar-refractivity contribution in [2.24, 2.45) is 5.73 Å². The Kier molecular flexibility index (Phi) is 3.67. The van der Waals surface area contributed by atoms with E-state index in [0.29, 0.717) is 18.8 Å². The predicted molar refractivity (Wildman–Crippen MR) is 78.7 cm³/mol. The average molecular weight is 291 g/mol. The predicted octanol–water partition coefficient (Wildman–Crippen LogP) is 0.685. The van der Waals surface area contributed by atoms with Gasteiger partial charge >= 0.3 is 0 Å². The van der Waals surface area contributed by atoms with Crippen molar-refractivity contribution in [2.75, 3.05) is 30.3 Å². The third-order valence-electron chi connectivity index (χ3n) is 3.68. The molecule has 1 aromatic carbocycles. The molecule has 2 aliphatic heterocycles. The number of anilines is 1. The second kappa shape index (κ2) is 5.46. The molecule has 5 nitrogen and oxygen atoms in total. The number of nitrogens with zero attached hydrogens (tertiary/aromatic N) is 2. The van der Waals surface area contributed by atoms with Crippen molar-refractivity contribution >= 4 is 29.3 Å². The standard InChI is InChI=1S/C14H17N3O2S/c15-10-5-6-16(7-10)13(18)8-17-11-3-1-2-4-12(11)20-9-14(17)19/h1-4,10H,5-9,15H2/t10-/m1/s1. The summed E-state index contributed by atoms with van der Waals surface area (Å²) in [5.74, 6) is 0.364. The third kappa shape index (κ3) is 2.53. The lowest BCUT2D eigenvalue weighted by Gasteiger charge is -2.29. The molecule has 1 aromatic rings. The van der Waals surface area contributed by atoms with Crippen LogP contribution in [-0.2, 0) is 9.59 Å². The number of hydrogen-bond donors (Lipinski definition) is 1. The van der Waals surface area contributed by atoms with E-state index in [1.807, 2.05) is 24.3 Å². The second-order valence-electron chi connectivity index (χ2n) is 5.12. The van der Waals surface area contributed by atoms with Crippen LogP contribution in [0, 0.1) is 0 Å². The molecular formula is C14H17N3O2S. The Bertz CT molecular complexity index is 549. The van der Waals surface area contributed by atoms with Crippen molar-refractivity contribution in [1.29, 1.82) is 0 Å². The first-order valence-electron chi connectivity index (χ1n) is 6.70. The average Bonchev–Trinajstić information content (AvgIpc) is 2.89. The molecule has 0 aromatic heterocycles. The molecule has 2 N–H and O–H groups in total. The monoisotopic (exact) mass is 291 g/mol. The molecular weight excluding hydrogens is 274 g/mol. The van der Waals surface area contributed by atoms with Crippen LogP contribution in [0.1, 0.15) is 6.42 Å². The van der Waals surface area contributed by atoms with Gasteiger partial charge in [-0.15, -0.1) is 11.8 Å². The summed E-state index contributed by atoms with van der Waals surface area (Å²) in [6.07, 6.45) is 0.839. The summed E-state index contributed by atoms with van der Waals surface area (Å²) < 4.78 is 0. The Labute approximate surface area is 122 Å². The highest BCUT2D eigenvalue weighted by Crippen LogP contribution is 2.34.